The maximum Gasteiger partial charge on any atom is 0.109 e. The minimum atomic E-state index is 0.265. The van der Waals surface area contributed by atoms with Gasteiger partial charge in [0.2, 0.25) is 0 Å². The van der Waals surface area contributed by atoms with Gasteiger partial charge in [0.05, 0.1) is 6.04 Å². The smallest absolute Gasteiger partial charge is 0.109 e. The zero-order valence-corrected chi connectivity index (χ0v) is 14.5. The van der Waals surface area contributed by atoms with Crippen molar-refractivity contribution in [2.75, 3.05) is 0 Å². The maximum absolute atomic E-state index is 4.77. The lowest BCUT2D eigenvalue weighted by atomic mass is 9.42. The third-order valence-electron chi connectivity index (χ3n) is 6.31. The van der Waals surface area contributed by atoms with Crippen LogP contribution in [0.25, 0.3) is 0 Å². The van der Waals surface area contributed by atoms with Crippen molar-refractivity contribution in [1.82, 2.24) is 0 Å². The van der Waals surface area contributed by atoms with Crippen LogP contribution in [0.5, 0.6) is 0 Å². The van der Waals surface area contributed by atoms with E-state index in [1.54, 1.807) is 0 Å². The molecule has 2 aliphatic carbocycles. The van der Waals surface area contributed by atoms with Crippen LogP contribution in [0.1, 0.15) is 59.3 Å². The molecule has 2 saturated carbocycles. The first-order chi connectivity index (χ1) is 8.87. The van der Waals surface area contributed by atoms with Gasteiger partial charge in [0.1, 0.15) is 6.34 Å². The van der Waals surface area contributed by atoms with Crippen molar-refractivity contribution in [2.24, 2.45) is 26.7 Å². The van der Waals surface area contributed by atoms with E-state index in [0.29, 0.717) is 22.8 Å². The summed E-state index contributed by atoms with van der Waals surface area (Å²) in [7, 11) is 0. The average Bonchev–Trinajstić information content (AvgIpc) is 2.36. The molecule has 0 radical (unpaired) electrons. The fourth-order valence-electron chi connectivity index (χ4n) is 4.69. The molecule has 3 heteroatoms. The Labute approximate surface area is 130 Å². The van der Waals surface area contributed by atoms with Crippen molar-refractivity contribution < 1.29 is 0 Å². The van der Waals surface area contributed by atoms with E-state index in [4.69, 9.17) is 4.99 Å². The van der Waals surface area contributed by atoms with E-state index in [1.807, 2.05) is 6.34 Å². The molecule has 0 amide bonds. The van der Waals surface area contributed by atoms with Crippen LogP contribution >= 0.6 is 22.6 Å². The van der Waals surface area contributed by atoms with E-state index in [1.165, 1.54) is 38.5 Å². The molecule has 106 valence electrons. The minimum absolute atomic E-state index is 0.265. The highest BCUT2D eigenvalue weighted by Gasteiger charge is 2.61. The van der Waals surface area contributed by atoms with Gasteiger partial charge in [0.25, 0.3) is 0 Å². The van der Waals surface area contributed by atoms with Gasteiger partial charge in [-0.05, 0) is 43.4 Å². The molecule has 0 N–H and O–H groups in total. The third kappa shape index (κ3) is 2.11. The number of hydrogen-bond acceptors (Lipinski definition) is 2. The molecule has 0 spiro atoms. The van der Waals surface area contributed by atoms with Gasteiger partial charge in [-0.1, -0.05) is 49.3 Å². The van der Waals surface area contributed by atoms with Crippen LogP contribution in [0, 0.1) is 16.7 Å². The highest BCUT2D eigenvalue weighted by molar-refractivity contribution is 14.1. The van der Waals surface area contributed by atoms with Crippen LogP contribution in [0.4, 0.5) is 0 Å². The zero-order valence-electron chi connectivity index (χ0n) is 12.3. The SMILES string of the molecule is CC1(I)CC2(C)C3C=NC=NC1CCCCC2(C)C3. The topological polar surface area (TPSA) is 24.7 Å². The average molecular weight is 372 g/mol. The summed E-state index contributed by atoms with van der Waals surface area (Å²) in [5.74, 6) is 0.648. The monoisotopic (exact) mass is 372 g/mol. The molecule has 0 saturated heterocycles. The lowest BCUT2D eigenvalue weighted by molar-refractivity contribution is -0.102. The number of nitrogens with zero attached hydrogens (tertiary/aromatic N) is 2. The van der Waals surface area contributed by atoms with Gasteiger partial charge in [-0.2, -0.15) is 0 Å². The van der Waals surface area contributed by atoms with Crippen LogP contribution in [-0.2, 0) is 0 Å². The Morgan fingerprint density at radius 2 is 2.00 bits per heavy atom. The van der Waals surface area contributed by atoms with Crippen molar-refractivity contribution in [3.05, 3.63) is 0 Å². The van der Waals surface area contributed by atoms with E-state index in [-0.39, 0.29) is 3.42 Å². The summed E-state index contributed by atoms with van der Waals surface area (Å²) in [5.41, 5.74) is 0.915. The van der Waals surface area contributed by atoms with Crippen molar-refractivity contribution in [1.29, 1.82) is 0 Å². The second-order valence-electron chi connectivity index (χ2n) is 7.57. The van der Waals surface area contributed by atoms with Gasteiger partial charge in [-0.3, -0.25) is 4.99 Å². The molecule has 1 heterocycles. The highest BCUT2D eigenvalue weighted by Crippen LogP contribution is 2.67. The summed E-state index contributed by atoms with van der Waals surface area (Å²) in [4.78, 5) is 9.26. The molecule has 2 nitrogen and oxygen atoms in total. The summed E-state index contributed by atoms with van der Waals surface area (Å²) in [6, 6.07) is 0.434. The molecule has 0 aromatic rings. The predicted molar refractivity (Wildman–Crippen MR) is 90.6 cm³/mol. The van der Waals surface area contributed by atoms with Gasteiger partial charge >= 0.3 is 0 Å². The summed E-state index contributed by atoms with van der Waals surface area (Å²) in [6.07, 6.45) is 11.9. The second kappa shape index (κ2) is 4.54. The molecule has 1 aliphatic heterocycles. The van der Waals surface area contributed by atoms with Gasteiger partial charge in [0, 0.05) is 15.6 Å². The fourth-order valence-corrected chi connectivity index (χ4v) is 5.96. The van der Waals surface area contributed by atoms with Gasteiger partial charge in [-0.15, -0.1) is 0 Å². The normalized spacial score (nSPS) is 53.3. The summed E-state index contributed by atoms with van der Waals surface area (Å²) < 4.78 is 0.265. The van der Waals surface area contributed by atoms with E-state index in [9.17, 15) is 0 Å². The Kier molecular flexibility index (Phi) is 3.35. The van der Waals surface area contributed by atoms with Crippen molar-refractivity contribution in [2.45, 2.75) is 68.8 Å². The second-order valence-corrected chi connectivity index (χ2v) is 10.0. The van der Waals surface area contributed by atoms with Crippen molar-refractivity contribution in [3.63, 3.8) is 0 Å². The van der Waals surface area contributed by atoms with E-state index < -0.39 is 0 Å². The molecule has 5 unspecified atom stereocenters. The minimum Gasteiger partial charge on any atom is -0.269 e. The molecule has 0 aromatic heterocycles. The third-order valence-corrected chi connectivity index (χ3v) is 7.41. The standard InChI is InChI=1S/C16H25IN2/c1-14-7-5-4-6-13-16(3,17)10-15(14,2)12(8-14)9-18-11-19-13/h9,11-13H,4-8,10H2,1-3H3. The lowest BCUT2D eigenvalue weighted by Gasteiger charge is -2.63. The van der Waals surface area contributed by atoms with Gasteiger partial charge < -0.3 is 0 Å². The number of alkyl halides is 1. The Morgan fingerprint density at radius 1 is 1.21 bits per heavy atom. The Balaban J connectivity index is 2.05. The van der Waals surface area contributed by atoms with Crippen LogP contribution in [-0.4, -0.2) is 22.0 Å². The van der Waals surface area contributed by atoms with Crippen molar-refractivity contribution in [3.8, 4) is 0 Å². The summed E-state index contributed by atoms with van der Waals surface area (Å²) in [5, 5.41) is 0. The number of rotatable bonds is 0. The lowest BCUT2D eigenvalue weighted by Crippen LogP contribution is -2.58. The fraction of sp³-hybridized carbons (Fsp3) is 0.875. The molecule has 2 bridgehead atoms. The maximum atomic E-state index is 4.77. The first-order valence-electron chi connectivity index (χ1n) is 7.61. The highest BCUT2D eigenvalue weighted by atomic mass is 127. The number of fused-ring (bicyclic) bond motifs is 2. The molecular weight excluding hydrogens is 347 g/mol. The van der Waals surface area contributed by atoms with E-state index >= 15 is 0 Å². The van der Waals surface area contributed by atoms with Gasteiger partial charge in [-0.25, -0.2) is 4.99 Å². The van der Waals surface area contributed by atoms with Crippen LogP contribution in [0.3, 0.4) is 0 Å². The molecule has 19 heavy (non-hydrogen) atoms. The molecule has 0 aromatic carbocycles. The zero-order chi connectivity index (χ0) is 13.7. The van der Waals surface area contributed by atoms with E-state index in [0.717, 1.165) is 0 Å². The molecule has 3 rings (SSSR count). The molecule has 3 aliphatic rings. The Hall–Kier alpha value is 0.0700. The Bertz CT molecular complexity index is 428. The van der Waals surface area contributed by atoms with E-state index in [2.05, 4.69) is 54.6 Å². The first-order valence-corrected chi connectivity index (χ1v) is 8.69. The van der Waals surface area contributed by atoms with Crippen LogP contribution < -0.4 is 0 Å². The Morgan fingerprint density at radius 3 is 2.79 bits per heavy atom. The summed E-state index contributed by atoms with van der Waals surface area (Å²) >= 11 is 2.68. The van der Waals surface area contributed by atoms with Crippen molar-refractivity contribution >= 4 is 35.1 Å². The molecular formula is C16H25IN2. The molecule has 5 atom stereocenters. The number of halogens is 1. The number of hydrogen-bond donors (Lipinski definition) is 0. The quantitative estimate of drug-likeness (QED) is 0.437. The largest absolute Gasteiger partial charge is 0.269 e. The first kappa shape index (κ1) is 14.0. The summed E-state index contributed by atoms with van der Waals surface area (Å²) in [6.45, 7) is 7.44. The van der Waals surface area contributed by atoms with Crippen LogP contribution in [0.15, 0.2) is 9.98 Å². The molecule has 2 fully saturated rings. The number of aliphatic imine (C=N–C) groups is 2. The van der Waals surface area contributed by atoms with Gasteiger partial charge in [0.15, 0.2) is 0 Å². The van der Waals surface area contributed by atoms with Crippen LogP contribution in [0.2, 0.25) is 0 Å². The predicted octanol–water partition coefficient (Wildman–Crippen LogP) is 4.66.